The maximum Gasteiger partial charge on any atom is 0.247 e. The van der Waals surface area contributed by atoms with Crippen molar-refractivity contribution in [3.8, 4) is 11.4 Å². The largest absolute Gasteiger partial charge is 0.456 e. The van der Waals surface area contributed by atoms with Gasteiger partial charge < -0.3 is 36.6 Å². The molecule has 0 aliphatic carbocycles. The second-order valence-corrected chi connectivity index (χ2v) is 31.9. The molecule has 8 nitrogen and oxygen atoms in total. The minimum atomic E-state index is -0.0190. The highest BCUT2D eigenvalue weighted by atomic mass is 16.3. The van der Waals surface area contributed by atoms with Crippen molar-refractivity contribution in [1.82, 2.24) is 9.13 Å². The number of hydrogen-bond acceptors (Lipinski definition) is 6. The summed E-state index contributed by atoms with van der Waals surface area (Å²) in [7, 11) is 0. The average molecular weight is 1330 g/mol. The van der Waals surface area contributed by atoms with Crippen LogP contribution in [0.25, 0.3) is 99.7 Å². The standard InChI is InChI=1S/C62H56B2N2O2.C31H18N2O2/c1-33-23-35(3)57(36(4)24-33)63-45-15-13-17-49-59(45)65(51-31-55-43(29-47(51)63)41-21-19-39(61(7,8)9)27-53(41)67-55)50-18-14-16-46-60(50)66(49)52-32-56-44(42-22-20-40(62(10,11)12)28-54(42)68-56)30-48(52)64(46)58-37(5)25-34(2)26-38(58)6;1-3-11-20-18(9-1)28-19-10-2-4-12-21(19)33-23-14-6-8-16-25(23)35-27-17-26-30(29(28)31(27)33)32(20)22-13-5-7-15-24(22)34-26/h13-32H,1-12H3;1-17,28H. The summed E-state index contributed by atoms with van der Waals surface area (Å²) in [5.41, 5.74) is 43.0. The molecular weight excluding hydrogens is 1260 g/mol. The van der Waals surface area contributed by atoms with E-state index in [-0.39, 0.29) is 30.2 Å². The number of aromatic nitrogens is 2. The zero-order valence-corrected chi connectivity index (χ0v) is 60.0. The summed E-state index contributed by atoms with van der Waals surface area (Å²) in [6.45, 7) is 27.2. The first-order chi connectivity index (χ1) is 49.8. The summed E-state index contributed by atoms with van der Waals surface area (Å²) in [6, 6.07) is 83.0. The summed E-state index contributed by atoms with van der Waals surface area (Å²) in [5, 5.41) is 4.62. The molecule has 9 heterocycles. The van der Waals surface area contributed by atoms with Crippen LogP contribution in [0.15, 0.2) is 242 Å². The Balaban J connectivity index is 0.000000163. The predicted octanol–water partition coefficient (Wildman–Crippen LogP) is 20.8. The molecule has 5 aliphatic heterocycles. The van der Waals surface area contributed by atoms with Crippen molar-refractivity contribution in [3.05, 3.63) is 286 Å². The number of benzene rings is 13. The van der Waals surface area contributed by atoms with Gasteiger partial charge in [-0.3, -0.25) is 0 Å². The second-order valence-electron chi connectivity index (χ2n) is 31.9. The van der Waals surface area contributed by atoms with Gasteiger partial charge in [-0.1, -0.05) is 231 Å². The maximum atomic E-state index is 6.95. The molecule has 17 aromatic rings. The first kappa shape index (κ1) is 60.2. The van der Waals surface area contributed by atoms with Crippen LogP contribution in [0.3, 0.4) is 0 Å². The monoisotopic (exact) mass is 1330 g/mol. The average Bonchev–Trinajstić information content (AvgIpc) is 0.964. The second kappa shape index (κ2) is 21.0. The van der Waals surface area contributed by atoms with Crippen LogP contribution in [-0.4, -0.2) is 22.6 Å². The van der Waals surface area contributed by atoms with Gasteiger partial charge in [0, 0.05) is 62.6 Å². The molecule has 0 spiro atoms. The van der Waals surface area contributed by atoms with Crippen molar-refractivity contribution < 1.29 is 17.7 Å². The SMILES string of the molecule is Cc1cc(C)c(B2c3cc4c(cc3N3c5cccc6c5N(c5cc7oc8cc(C(C)(C)C)ccc8c7cc5B6c5c(C)cc(C)cc5C)c5cccc2c53)oc2cc(C(C)(C)C)ccc24)c(C)c1.c1ccc2c(c1)C1c3ccccc3-n3c4ccccc4oc4cc5oc6ccccc6n-2c5c1c43. The van der Waals surface area contributed by atoms with Crippen molar-refractivity contribution >= 4 is 169 Å². The molecule has 0 N–H and O–H groups in total. The van der Waals surface area contributed by atoms with E-state index in [2.05, 4.69) is 302 Å². The topological polar surface area (TPSA) is 68.9 Å². The molecule has 0 amide bonds. The van der Waals surface area contributed by atoms with Gasteiger partial charge in [-0.2, -0.15) is 0 Å². The number of nitrogens with zero attached hydrogens (tertiary/aromatic N) is 4. The number of fused-ring (bicyclic) bond motifs is 22. The van der Waals surface area contributed by atoms with Crippen LogP contribution in [0.4, 0.5) is 34.1 Å². The Hall–Kier alpha value is -11.6. The third kappa shape index (κ3) is 8.37. The van der Waals surface area contributed by atoms with Crippen molar-refractivity contribution in [1.29, 1.82) is 0 Å². The minimum Gasteiger partial charge on any atom is -0.456 e. The fourth-order valence-electron chi connectivity index (χ4n) is 19.2. The first-order valence-electron chi connectivity index (χ1n) is 36.4. The predicted molar refractivity (Wildman–Crippen MR) is 430 cm³/mol. The highest BCUT2D eigenvalue weighted by molar-refractivity contribution is 7.00. The lowest BCUT2D eigenvalue weighted by Crippen LogP contribution is -2.61. The molecule has 0 unspecified atom stereocenters. The van der Waals surface area contributed by atoms with Crippen LogP contribution in [0, 0.1) is 41.5 Å². The number of anilines is 6. The molecule has 0 bridgehead atoms. The Morgan fingerprint density at radius 3 is 1.12 bits per heavy atom. The lowest BCUT2D eigenvalue weighted by molar-refractivity contribution is 0.587. The van der Waals surface area contributed by atoms with Crippen molar-refractivity contribution in [2.75, 3.05) is 9.80 Å². The highest BCUT2D eigenvalue weighted by Gasteiger charge is 2.48. The molecule has 13 aromatic carbocycles. The highest BCUT2D eigenvalue weighted by Crippen LogP contribution is 2.57. The third-order valence-corrected chi connectivity index (χ3v) is 23.4. The van der Waals surface area contributed by atoms with Crippen LogP contribution in [0.5, 0.6) is 0 Å². The summed E-state index contributed by atoms with van der Waals surface area (Å²) in [6.07, 6.45) is 0. The van der Waals surface area contributed by atoms with Crippen LogP contribution in [0.1, 0.15) is 109 Å². The van der Waals surface area contributed by atoms with Gasteiger partial charge in [-0.25, -0.2) is 0 Å². The van der Waals surface area contributed by atoms with Crippen LogP contribution >= 0.6 is 0 Å². The van der Waals surface area contributed by atoms with E-state index in [1.54, 1.807) is 0 Å². The first-order valence-corrected chi connectivity index (χ1v) is 36.4. The molecule has 22 rings (SSSR count). The number of aryl methyl sites for hydroxylation is 6. The van der Waals surface area contributed by atoms with Crippen LogP contribution in [-0.2, 0) is 10.8 Å². The molecule has 0 radical (unpaired) electrons. The lowest BCUT2D eigenvalue weighted by Gasteiger charge is -2.49. The van der Waals surface area contributed by atoms with Crippen molar-refractivity contribution in [3.63, 3.8) is 0 Å². The molecule has 0 fully saturated rings. The van der Waals surface area contributed by atoms with Crippen molar-refractivity contribution in [2.24, 2.45) is 0 Å². The molecule has 5 aliphatic rings. The van der Waals surface area contributed by atoms with Crippen LogP contribution in [0.2, 0.25) is 0 Å². The van der Waals surface area contributed by atoms with Crippen LogP contribution < -0.4 is 42.6 Å². The normalized spacial score (nSPS) is 13.9. The van der Waals surface area contributed by atoms with Gasteiger partial charge in [0.15, 0.2) is 22.3 Å². The number of rotatable bonds is 2. The van der Waals surface area contributed by atoms with Gasteiger partial charge >= 0.3 is 0 Å². The van der Waals surface area contributed by atoms with Gasteiger partial charge in [0.25, 0.3) is 0 Å². The molecule has 10 heteroatoms. The molecule has 4 aromatic heterocycles. The third-order valence-electron chi connectivity index (χ3n) is 23.4. The number of hydrogen-bond donors (Lipinski definition) is 0. The quantitative estimate of drug-likeness (QED) is 0.127. The lowest BCUT2D eigenvalue weighted by atomic mass is 9.33. The van der Waals surface area contributed by atoms with E-state index in [1.807, 2.05) is 24.3 Å². The van der Waals surface area contributed by atoms with E-state index in [9.17, 15) is 0 Å². The van der Waals surface area contributed by atoms with Gasteiger partial charge in [-0.15, -0.1) is 0 Å². The van der Waals surface area contributed by atoms with Gasteiger partial charge in [-0.05, 0) is 157 Å². The maximum absolute atomic E-state index is 6.95. The van der Waals surface area contributed by atoms with Gasteiger partial charge in [0.05, 0.1) is 56.2 Å². The summed E-state index contributed by atoms with van der Waals surface area (Å²) in [4.78, 5) is 5.17. The zero-order chi connectivity index (χ0) is 69.7. The van der Waals surface area contributed by atoms with E-state index in [1.165, 1.54) is 128 Å². The number of para-hydroxylation sites is 8. The van der Waals surface area contributed by atoms with E-state index in [0.29, 0.717) is 0 Å². The summed E-state index contributed by atoms with van der Waals surface area (Å²) < 4.78 is 31.8. The van der Waals surface area contributed by atoms with E-state index in [4.69, 9.17) is 17.7 Å². The Bertz CT molecular complexity index is 6280. The van der Waals surface area contributed by atoms with E-state index < -0.39 is 0 Å². The fourth-order valence-corrected chi connectivity index (χ4v) is 19.2. The van der Waals surface area contributed by atoms with E-state index in [0.717, 1.165) is 99.7 Å². The Labute approximate surface area is 598 Å². The van der Waals surface area contributed by atoms with Gasteiger partial charge in [0.2, 0.25) is 13.4 Å². The fraction of sp³-hybridized carbons (Fsp3) is 0.161. The Morgan fingerprint density at radius 1 is 0.311 bits per heavy atom. The zero-order valence-electron chi connectivity index (χ0n) is 60.0. The Morgan fingerprint density at radius 2 is 0.689 bits per heavy atom. The summed E-state index contributed by atoms with van der Waals surface area (Å²) >= 11 is 0. The molecule has 0 atom stereocenters. The molecule has 0 saturated carbocycles. The van der Waals surface area contributed by atoms with E-state index >= 15 is 0 Å². The minimum absolute atomic E-state index is 0.000222. The Kier molecular flexibility index (Phi) is 12.3. The summed E-state index contributed by atoms with van der Waals surface area (Å²) in [5.74, 6) is 0.0846. The molecule has 0 saturated heterocycles. The number of furan rings is 2. The van der Waals surface area contributed by atoms with Gasteiger partial charge in [0.1, 0.15) is 22.3 Å². The smallest absolute Gasteiger partial charge is 0.247 e. The molecule has 496 valence electrons. The molecular formula is C93H74B2N4O4. The van der Waals surface area contributed by atoms with Crippen molar-refractivity contribution in [2.45, 2.75) is 99.8 Å². The molecule has 103 heavy (non-hydrogen) atoms.